The molecule has 2 atom stereocenters. The van der Waals surface area contributed by atoms with Crippen molar-refractivity contribution in [3.8, 4) is 16.9 Å². The number of nitrogens with zero attached hydrogens (tertiary/aromatic N) is 7. The molecule has 0 aliphatic carbocycles. The molecule has 47 heavy (non-hydrogen) atoms. The highest BCUT2D eigenvalue weighted by atomic mass is 19.1. The number of urea groups is 1. The van der Waals surface area contributed by atoms with Crippen molar-refractivity contribution < 1.29 is 18.7 Å². The summed E-state index contributed by atoms with van der Waals surface area (Å²) in [5, 5.41) is 11.1. The van der Waals surface area contributed by atoms with E-state index in [9.17, 15) is 14.0 Å². The molecule has 4 aromatic rings. The van der Waals surface area contributed by atoms with Crippen molar-refractivity contribution in [2.24, 2.45) is 0 Å². The monoisotopic (exact) mass is 641 g/mol. The number of piperazine rings is 1. The Hall–Kier alpha value is -4.88. The molecule has 12 nitrogen and oxygen atoms in total. The third-order valence-corrected chi connectivity index (χ3v) is 8.87. The van der Waals surface area contributed by atoms with E-state index in [1.165, 1.54) is 12.1 Å². The number of halogens is 1. The van der Waals surface area contributed by atoms with E-state index >= 15 is 0 Å². The van der Waals surface area contributed by atoms with Crippen LogP contribution in [0.1, 0.15) is 24.0 Å². The maximum absolute atomic E-state index is 14.2. The van der Waals surface area contributed by atoms with Crippen LogP contribution in [0.15, 0.2) is 67.0 Å². The second kappa shape index (κ2) is 14.3. The van der Waals surface area contributed by atoms with E-state index in [4.69, 9.17) is 9.84 Å². The minimum Gasteiger partial charge on any atom is -0.383 e. The second-order valence-corrected chi connectivity index (χ2v) is 12.0. The lowest BCUT2D eigenvalue weighted by atomic mass is 9.94. The van der Waals surface area contributed by atoms with E-state index in [2.05, 4.69) is 30.4 Å². The van der Waals surface area contributed by atoms with Crippen molar-refractivity contribution in [1.29, 1.82) is 0 Å². The highest BCUT2D eigenvalue weighted by molar-refractivity contribution is 5.91. The molecule has 3 amide bonds. The Kier molecular flexibility index (Phi) is 9.73. The maximum Gasteiger partial charge on any atom is 0.320 e. The fraction of sp³-hybridized carbons (Fsp3) is 0.382. The number of carbonyl (C=O) groups is 2. The molecule has 0 saturated carbocycles. The molecule has 2 N–H and O–H groups in total. The van der Waals surface area contributed by atoms with Crippen LogP contribution in [0.25, 0.3) is 16.9 Å². The average molecular weight is 642 g/mol. The molecule has 13 heteroatoms. The number of hydrogen-bond donors (Lipinski definition) is 2. The third-order valence-electron chi connectivity index (χ3n) is 8.87. The minimum atomic E-state index is -0.381. The van der Waals surface area contributed by atoms with E-state index in [1.54, 1.807) is 37.2 Å². The summed E-state index contributed by atoms with van der Waals surface area (Å²) in [5.41, 5.74) is 3.73. The zero-order valence-corrected chi connectivity index (χ0v) is 26.9. The summed E-state index contributed by atoms with van der Waals surface area (Å²) in [6, 6.07) is 15.5. The number of benzene rings is 2. The Labute approximate surface area is 273 Å². The number of ether oxygens (including phenoxy) is 1. The molecule has 2 saturated heterocycles. The van der Waals surface area contributed by atoms with Crippen molar-refractivity contribution in [2.75, 3.05) is 69.7 Å². The van der Waals surface area contributed by atoms with Crippen LogP contribution in [0.2, 0.25) is 0 Å². The molecule has 6 rings (SSSR count). The first-order valence-corrected chi connectivity index (χ1v) is 15.8. The third kappa shape index (κ3) is 7.26. The van der Waals surface area contributed by atoms with E-state index in [-0.39, 0.29) is 29.7 Å². The number of hydrogen-bond acceptors (Lipinski definition) is 8. The number of nitrogens with one attached hydrogen (secondary N) is 2. The first-order chi connectivity index (χ1) is 22.8. The number of para-hydroxylation sites is 1. The molecule has 0 spiro atoms. The van der Waals surface area contributed by atoms with Crippen LogP contribution in [-0.2, 0) is 9.53 Å². The Bertz CT molecular complexity index is 1690. The van der Waals surface area contributed by atoms with Crippen molar-refractivity contribution in [2.45, 2.75) is 25.8 Å². The van der Waals surface area contributed by atoms with Crippen LogP contribution in [0, 0.1) is 12.7 Å². The summed E-state index contributed by atoms with van der Waals surface area (Å²) in [7, 11) is 1.66. The lowest BCUT2D eigenvalue weighted by molar-refractivity contribution is -0.129. The number of carbonyl (C=O) groups excluding carboxylic acids is 2. The second-order valence-electron chi connectivity index (χ2n) is 12.0. The number of methoxy groups -OCH3 is 1. The van der Waals surface area contributed by atoms with Gasteiger partial charge in [0.1, 0.15) is 17.3 Å². The van der Waals surface area contributed by atoms with E-state index in [0.29, 0.717) is 75.4 Å². The molecule has 0 radical (unpaired) electrons. The van der Waals surface area contributed by atoms with Gasteiger partial charge >= 0.3 is 6.03 Å². The van der Waals surface area contributed by atoms with Gasteiger partial charge in [0, 0.05) is 89.3 Å². The number of rotatable bonds is 9. The van der Waals surface area contributed by atoms with Gasteiger partial charge in [-0.1, -0.05) is 30.3 Å². The van der Waals surface area contributed by atoms with Crippen LogP contribution in [0.4, 0.5) is 21.0 Å². The van der Waals surface area contributed by atoms with Crippen molar-refractivity contribution in [3.63, 3.8) is 0 Å². The van der Waals surface area contributed by atoms with Crippen LogP contribution >= 0.6 is 0 Å². The fourth-order valence-corrected chi connectivity index (χ4v) is 6.32. The highest BCUT2D eigenvalue weighted by Crippen LogP contribution is 2.32. The topological polar surface area (TPSA) is 121 Å². The van der Waals surface area contributed by atoms with Gasteiger partial charge in [0.15, 0.2) is 0 Å². The highest BCUT2D eigenvalue weighted by Gasteiger charge is 2.35. The Morgan fingerprint density at radius 3 is 2.43 bits per heavy atom. The lowest BCUT2D eigenvalue weighted by Gasteiger charge is -2.34. The van der Waals surface area contributed by atoms with Crippen molar-refractivity contribution >= 4 is 23.7 Å². The summed E-state index contributed by atoms with van der Waals surface area (Å²) in [4.78, 5) is 40.7. The van der Waals surface area contributed by atoms with E-state index < -0.39 is 0 Å². The van der Waals surface area contributed by atoms with Gasteiger partial charge in [-0.15, -0.1) is 0 Å². The molecule has 0 bridgehead atoms. The SMILES string of the molecule is COCCN1C[C@@H](NC(=O)Nc2c(C)c(-c3cnc(N4CCN(C(C)=O)CC4)nc3)nn2-c2ccccc2)[C@H](c2cccc(F)c2)C1. The standard InChI is InChI=1S/C34H40FN9O3/c1-23-31(26-19-36-33(37-20-26)43-14-12-42(13-15-43)24(2)45)40-44(28-10-5-4-6-11-28)32(23)39-34(46)38-30-22-41(16-17-47-3)21-29(30)25-8-7-9-27(35)18-25/h4-11,18-20,29-30H,12-17,21-22H2,1-3H3,(H2,38,39,46)/t29-,30+/m0/s1. The molecule has 2 aromatic carbocycles. The Morgan fingerprint density at radius 2 is 1.74 bits per heavy atom. The minimum absolute atomic E-state index is 0.0715. The largest absolute Gasteiger partial charge is 0.383 e. The summed E-state index contributed by atoms with van der Waals surface area (Å²) in [5.74, 6) is 0.791. The van der Waals surface area contributed by atoms with Gasteiger partial charge in [0.2, 0.25) is 11.9 Å². The first kappa shape index (κ1) is 32.1. The van der Waals surface area contributed by atoms with Gasteiger partial charge in [-0.05, 0) is 36.8 Å². The smallest absolute Gasteiger partial charge is 0.320 e. The number of likely N-dealkylation sites (tertiary alicyclic amines) is 1. The van der Waals surface area contributed by atoms with Gasteiger partial charge in [-0.3, -0.25) is 15.0 Å². The quantitative estimate of drug-likeness (QED) is 0.284. The van der Waals surface area contributed by atoms with Crippen LogP contribution < -0.4 is 15.5 Å². The van der Waals surface area contributed by atoms with Crippen LogP contribution in [0.5, 0.6) is 0 Å². The Balaban J connectivity index is 1.23. The van der Waals surface area contributed by atoms with Gasteiger partial charge in [0.05, 0.1) is 18.3 Å². The normalized spacial score (nSPS) is 18.4. The summed E-state index contributed by atoms with van der Waals surface area (Å²) in [6.07, 6.45) is 3.48. The van der Waals surface area contributed by atoms with Crippen molar-refractivity contribution in [1.82, 2.24) is 34.9 Å². The van der Waals surface area contributed by atoms with E-state index in [1.807, 2.05) is 48.2 Å². The first-order valence-electron chi connectivity index (χ1n) is 15.8. The van der Waals surface area contributed by atoms with Crippen LogP contribution in [-0.4, -0.2) is 107 Å². The number of aromatic nitrogens is 4. The molecule has 2 aromatic heterocycles. The molecule has 2 fully saturated rings. The van der Waals surface area contributed by atoms with Gasteiger partial charge in [-0.25, -0.2) is 23.8 Å². The van der Waals surface area contributed by atoms with Crippen LogP contribution in [0.3, 0.4) is 0 Å². The molecule has 246 valence electrons. The maximum atomic E-state index is 14.2. The predicted molar refractivity (Wildman–Crippen MR) is 177 cm³/mol. The fourth-order valence-electron chi connectivity index (χ4n) is 6.32. The van der Waals surface area contributed by atoms with Gasteiger partial charge < -0.3 is 19.9 Å². The van der Waals surface area contributed by atoms with E-state index in [0.717, 1.165) is 16.8 Å². The summed E-state index contributed by atoms with van der Waals surface area (Å²) in [6.45, 7) is 8.63. The molecule has 2 aliphatic rings. The molecular formula is C34H40FN9O3. The predicted octanol–water partition coefficient (Wildman–Crippen LogP) is 3.68. The average Bonchev–Trinajstić information content (AvgIpc) is 3.64. The van der Waals surface area contributed by atoms with Gasteiger partial charge in [-0.2, -0.15) is 5.10 Å². The lowest BCUT2D eigenvalue weighted by Crippen LogP contribution is -2.48. The Morgan fingerprint density at radius 1 is 1.00 bits per heavy atom. The zero-order chi connectivity index (χ0) is 32.9. The van der Waals surface area contributed by atoms with Gasteiger partial charge in [0.25, 0.3) is 0 Å². The number of anilines is 2. The summed E-state index contributed by atoms with van der Waals surface area (Å²) < 4.78 is 21.2. The summed E-state index contributed by atoms with van der Waals surface area (Å²) >= 11 is 0. The molecular weight excluding hydrogens is 601 g/mol. The van der Waals surface area contributed by atoms with Crippen molar-refractivity contribution in [3.05, 3.63) is 83.9 Å². The zero-order valence-electron chi connectivity index (χ0n) is 26.9. The molecule has 0 unspecified atom stereocenters. The molecule has 2 aliphatic heterocycles. The molecule has 4 heterocycles. The number of amides is 3.